The van der Waals surface area contributed by atoms with Crippen molar-refractivity contribution >= 4 is 0 Å². The van der Waals surface area contributed by atoms with Gasteiger partial charge in [0.2, 0.25) is 0 Å². The molecule has 0 aliphatic heterocycles. The molecule has 2 aliphatic rings. The summed E-state index contributed by atoms with van der Waals surface area (Å²) in [6.07, 6.45) is 10.1. The highest BCUT2D eigenvalue weighted by Gasteiger charge is 2.25. The van der Waals surface area contributed by atoms with E-state index in [1.54, 1.807) is 16.7 Å². The maximum absolute atomic E-state index is 6.08. The van der Waals surface area contributed by atoms with Crippen LogP contribution in [0, 0.1) is 5.92 Å². The lowest BCUT2D eigenvalue weighted by Gasteiger charge is -2.26. The van der Waals surface area contributed by atoms with E-state index in [0.717, 1.165) is 19.1 Å². The molecule has 0 radical (unpaired) electrons. The van der Waals surface area contributed by atoms with E-state index >= 15 is 0 Å². The summed E-state index contributed by atoms with van der Waals surface area (Å²) >= 11 is 0. The number of nitrogens with two attached hydrogens (primary N) is 1. The van der Waals surface area contributed by atoms with E-state index in [1.165, 1.54) is 51.4 Å². The third kappa shape index (κ3) is 3.91. The van der Waals surface area contributed by atoms with Crippen LogP contribution in [0.4, 0.5) is 0 Å². The fraction of sp³-hybridized carbons (Fsp3) is 0.700. The van der Waals surface area contributed by atoms with E-state index in [-0.39, 0.29) is 0 Å². The van der Waals surface area contributed by atoms with Gasteiger partial charge in [-0.15, -0.1) is 0 Å². The maximum atomic E-state index is 6.08. The van der Waals surface area contributed by atoms with Crippen molar-refractivity contribution in [2.45, 2.75) is 70.3 Å². The Hall–Kier alpha value is -0.860. The van der Waals surface area contributed by atoms with E-state index in [9.17, 15) is 0 Å². The number of hydrogen-bond donors (Lipinski definition) is 1. The predicted octanol–water partition coefficient (Wildman–Crippen LogP) is 4.20. The molecule has 0 spiro atoms. The molecule has 1 aromatic rings. The van der Waals surface area contributed by atoms with Gasteiger partial charge in [-0.3, -0.25) is 0 Å². The average molecular weight is 301 g/mol. The highest BCUT2D eigenvalue weighted by molar-refractivity contribution is 5.36. The Balaban J connectivity index is 1.57. The zero-order valence-electron chi connectivity index (χ0n) is 14.0. The Morgan fingerprint density at radius 1 is 1.18 bits per heavy atom. The Kier molecular flexibility index (Phi) is 5.54. The molecule has 2 nitrogen and oxygen atoms in total. The molecular formula is C20H31NO. The van der Waals surface area contributed by atoms with Crippen LogP contribution in [0.15, 0.2) is 18.2 Å². The van der Waals surface area contributed by atoms with Gasteiger partial charge < -0.3 is 10.5 Å². The van der Waals surface area contributed by atoms with Crippen molar-refractivity contribution < 1.29 is 4.74 Å². The molecule has 1 saturated carbocycles. The zero-order chi connectivity index (χ0) is 15.4. The molecule has 0 heterocycles. The first-order chi connectivity index (χ1) is 10.8. The van der Waals surface area contributed by atoms with E-state index in [4.69, 9.17) is 10.5 Å². The van der Waals surface area contributed by atoms with Gasteiger partial charge >= 0.3 is 0 Å². The number of ether oxygens (including phenoxy) is 1. The van der Waals surface area contributed by atoms with E-state index in [0.29, 0.717) is 12.0 Å². The van der Waals surface area contributed by atoms with E-state index in [1.807, 2.05) is 0 Å². The molecule has 3 unspecified atom stereocenters. The van der Waals surface area contributed by atoms with Crippen molar-refractivity contribution in [3.05, 3.63) is 34.9 Å². The SMILES string of the molecule is CCOCCCC1CCc2cc(C3CCC(N)C3)ccc2C1. The first kappa shape index (κ1) is 16.0. The van der Waals surface area contributed by atoms with Gasteiger partial charge in [-0.05, 0) is 86.8 Å². The smallest absolute Gasteiger partial charge is 0.0465 e. The number of hydrogen-bond acceptors (Lipinski definition) is 2. The van der Waals surface area contributed by atoms with Crippen molar-refractivity contribution in [3.8, 4) is 0 Å². The minimum absolute atomic E-state index is 0.427. The summed E-state index contributed by atoms with van der Waals surface area (Å²) in [5.74, 6) is 1.57. The number of aryl methyl sites for hydroxylation is 1. The molecule has 22 heavy (non-hydrogen) atoms. The molecule has 0 amide bonds. The second-order valence-corrected chi connectivity index (χ2v) is 7.25. The molecule has 2 aliphatic carbocycles. The van der Waals surface area contributed by atoms with Crippen LogP contribution in [0.1, 0.15) is 68.1 Å². The minimum atomic E-state index is 0.427. The third-order valence-electron chi connectivity index (χ3n) is 5.61. The lowest BCUT2D eigenvalue weighted by molar-refractivity contribution is 0.138. The maximum Gasteiger partial charge on any atom is 0.0465 e. The van der Waals surface area contributed by atoms with Gasteiger partial charge in [0.25, 0.3) is 0 Å². The van der Waals surface area contributed by atoms with Crippen LogP contribution in [-0.2, 0) is 17.6 Å². The monoisotopic (exact) mass is 301 g/mol. The fourth-order valence-electron chi connectivity index (χ4n) is 4.29. The lowest BCUT2D eigenvalue weighted by Crippen LogP contribution is -2.16. The number of rotatable bonds is 6. The predicted molar refractivity (Wildman–Crippen MR) is 92.3 cm³/mol. The molecule has 1 aromatic carbocycles. The molecule has 2 N–H and O–H groups in total. The van der Waals surface area contributed by atoms with Crippen LogP contribution in [-0.4, -0.2) is 19.3 Å². The van der Waals surface area contributed by atoms with Gasteiger partial charge in [-0.25, -0.2) is 0 Å². The normalized spacial score (nSPS) is 27.8. The Morgan fingerprint density at radius 3 is 2.86 bits per heavy atom. The first-order valence-corrected chi connectivity index (χ1v) is 9.21. The van der Waals surface area contributed by atoms with Crippen molar-refractivity contribution in [3.63, 3.8) is 0 Å². The molecule has 0 bridgehead atoms. The van der Waals surface area contributed by atoms with Crippen molar-refractivity contribution in [2.24, 2.45) is 11.7 Å². The Labute approximate surface area is 135 Å². The van der Waals surface area contributed by atoms with E-state index in [2.05, 4.69) is 25.1 Å². The van der Waals surface area contributed by atoms with Gasteiger partial charge in [-0.1, -0.05) is 18.2 Å². The van der Waals surface area contributed by atoms with Crippen LogP contribution < -0.4 is 5.73 Å². The summed E-state index contributed by atoms with van der Waals surface area (Å²) < 4.78 is 5.47. The summed E-state index contributed by atoms with van der Waals surface area (Å²) in [4.78, 5) is 0. The third-order valence-corrected chi connectivity index (χ3v) is 5.61. The molecule has 122 valence electrons. The highest BCUT2D eigenvalue weighted by Crippen LogP contribution is 2.36. The van der Waals surface area contributed by atoms with Gasteiger partial charge in [0.1, 0.15) is 0 Å². The molecular weight excluding hydrogens is 270 g/mol. The topological polar surface area (TPSA) is 35.2 Å². The fourth-order valence-corrected chi connectivity index (χ4v) is 4.29. The second kappa shape index (κ2) is 7.61. The van der Waals surface area contributed by atoms with Gasteiger partial charge in [-0.2, -0.15) is 0 Å². The second-order valence-electron chi connectivity index (χ2n) is 7.25. The van der Waals surface area contributed by atoms with Crippen LogP contribution >= 0.6 is 0 Å². The van der Waals surface area contributed by atoms with Gasteiger partial charge in [0.15, 0.2) is 0 Å². The number of benzene rings is 1. The van der Waals surface area contributed by atoms with Crippen LogP contribution in [0.25, 0.3) is 0 Å². The molecule has 0 saturated heterocycles. The zero-order valence-corrected chi connectivity index (χ0v) is 14.0. The molecule has 3 atom stereocenters. The summed E-state index contributed by atoms with van der Waals surface area (Å²) in [6, 6.07) is 7.71. The molecule has 1 fully saturated rings. The molecule has 2 heteroatoms. The lowest BCUT2D eigenvalue weighted by atomic mass is 9.80. The van der Waals surface area contributed by atoms with Crippen LogP contribution in [0.3, 0.4) is 0 Å². The summed E-state index contributed by atoms with van der Waals surface area (Å²) in [5.41, 5.74) is 10.8. The van der Waals surface area contributed by atoms with Crippen LogP contribution in [0.2, 0.25) is 0 Å². The number of fused-ring (bicyclic) bond motifs is 1. The highest BCUT2D eigenvalue weighted by atomic mass is 16.5. The summed E-state index contributed by atoms with van der Waals surface area (Å²) in [7, 11) is 0. The standard InChI is InChI=1S/C20H31NO/c1-2-22-11-3-4-15-5-6-17-13-18(8-7-16(17)12-15)19-9-10-20(21)14-19/h7-8,13,15,19-20H,2-6,9-12,14,21H2,1H3. The average Bonchev–Trinajstić information content (AvgIpc) is 2.97. The Bertz CT molecular complexity index is 485. The molecule has 0 aromatic heterocycles. The van der Waals surface area contributed by atoms with Gasteiger partial charge in [0.05, 0.1) is 0 Å². The van der Waals surface area contributed by atoms with Crippen molar-refractivity contribution in [1.29, 1.82) is 0 Å². The first-order valence-electron chi connectivity index (χ1n) is 9.21. The van der Waals surface area contributed by atoms with E-state index < -0.39 is 0 Å². The van der Waals surface area contributed by atoms with Gasteiger partial charge in [0, 0.05) is 19.3 Å². The minimum Gasteiger partial charge on any atom is -0.382 e. The summed E-state index contributed by atoms with van der Waals surface area (Å²) in [5, 5.41) is 0. The Morgan fingerprint density at radius 2 is 2.09 bits per heavy atom. The molecule has 3 rings (SSSR count). The van der Waals surface area contributed by atoms with Crippen molar-refractivity contribution in [1.82, 2.24) is 0 Å². The largest absolute Gasteiger partial charge is 0.382 e. The summed E-state index contributed by atoms with van der Waals surface area (Å²) in [6.45, 7) is 3.85. The van der Waals surface area contributed by atoms with Crippen molar-refractivity contribution in [2.75, 3.05) is 13.2 Å². The van der Waals surface area contributed by atoms with Crippen LogP contribution in [0.5, 0.6) is 0 Å². The quantitative estimate of drug-likeness (QED) is 0.799.